The van der Waals surface area contributed by atoms with Crippen LogP contribution in [0.2, 0.25) is 0 Å². The lowest BCUT2D eigenvalue weighted by Crippen LogP contribution is -2.54. The molecular weight excluding hydrogens is 332 g/mol. The van der Waals surface area contributed by atoms with E-state index in [2.05, 4.69) is 10.6 Å². The zero-order valence-electron chi connectivity index (χ0n) is 17.4. The first-order chi connectivity index (χ1) is 11.8. The Balaban J connectivity index is 2.85. The lowest BCUT2D eigenvalue weighted by atomic mass is 9.77. The van der Waals surface area contributed by atoms with Crippen molar-refractivity contribution in [3.63, 3.8) is 0 Å². The molecule has 2 atom stereocenters. The summed E-state index contributed by atoms with van der Waals surface area (Å²) in [4.78, 5) is 37.3. The second-order valence-corrected chi connectivity index (χ2v) is 9.44. The normalized spacial score (nSPS) is 17.7. The third-order valence-electron chi connectivity index (χ3n) is 4.71. The molecule has 2 N–H and O–H groups in total. The molecule has 2 amide bonds. The summed E-state index contributed by atoms with van der Waals surface area (Å²) in [6, 6.07) is -0.650. The van der Waals surface area contributed by atoms with Crippen molar-refractivity contribution in [1.29, 1.82) is 0 Å². The van der Waals surface area contributed by atoms with Crippen molar-refractivity contribution in [1.82, 2.24) is 10.6 Å². The first-order valence-electron chi connectivity index (χ1n) is 9.57. The molecule has 0 aliphatic heterocycles. The molecule has 1 fully saturated rings. The summed E-state index contributed by atoms with van der Waals surface area (Å²) in [7, 11) is 1.56. The quantitative estimate of drug-likeness (QED) is 0.677. The molecule has 0 heterocycles. The van der Waals surface area contributed by atoms with E-state index < -0.39 is 23.0 Å². The number of likely N-dealkylation sites (N-methyl/N-ethyl adjacent to an activating group) is 1. The van der Waals surface area contributed by atoms with Gasteiger partial charge in [0.2, 0.25) is 11.8 Å². The number of carbonyl (C=O) groups excluding carboxylic acids is 3. The molecule has 0 radical (unpaired) electrons. The molecule has 1 aliphatic rings. The number of hydrogen-bond acceptors (Lipinski definition) is 4. The molecule has 0 bridgehead atoms. The zero-order chi connectivity index (χ0) is 20.1. The lowest BCUT2D eigenvalue weighted by Gasteiger charge is -2.33. The van der Waals surface area contributed by atoms with E-state index in [-0.39, 0.29) is 24.2 Å². The van der Waals surface area contributed by atoms with Gasteiger partial charge in [0, 0.05) is 13.0 Å². The highest BCUT2D eigenvalue weighted by atomic mass is 16.6. The van der Waals surface area contributed by atoms with Crippen LogP contribution in [0.5, 0.6) is 0 Å². The fourth-order valence-corrected chi connectivity index (χ4v) is 3.08. The molecule has 150 valence electrons. The van der Waals surface area contributed by atoms with Crippen LogP contribution in [-0.4, -0.2) is 36.5 Å². The number of carbonyl (C=O) groups is 3. The van der Waals surface area contributed by atoms with E-state index in [1.54, 1.807) is 7.05 Å². The Kier molecular flexibility index (Phi) is 7.66. The molecule has 1 saturated carbocycles. The van der Waals surface area contributed by atoms with Crippen molar-refractivity contribution in [2.75, 3.05) is 7.05 Å². The predicted molar refractivity (Wildman–Crippen MR) is 101 cm³/mol. The molecule has 0 aromatic heterocycles. The molecule has 6 nitrogen and oxygen atoms in total. The Labute approximate surface area is 157 Å². The fraction of sp³-hybridized carbons (Fsp3) is 0.850. The number of hydrogen-bond donors (Lipinski definition) is 2. The summed E-state index contributed by atoms with van der Waals surface area (Å²) in [5.74, 6) is -0.841. The second-order valence-electron chi connectivity index (χ2n) is 9.44. The molecule has 6 heteroatoms. The number of rotatable bonds is 7. The van der Waals surface area contributed by atoms with Crippen LogP contribution in [0.1, 0.15) is 73.6 Å². The highest BCUT2D eigenvalue weighted by Crippen LogP contribution is 2.34. The van der Waals surface area contributed by atoms with E-state index in [1.165, 1.54) is 6.42 Å². The number of ether oxygens (including phenoxy) is 1. The molecule has 1 aliphatic carbocycles. The first-order valence-corrected chi connectivity index (χ1v) is 9.57. The van der Waals surface area contributed by atoms with Gasteiger partial charge in [0.1, 0.15) is 11.6 Å². The summed E-state index contributed by atoms with van der Waals surface area (Å²) in [5, 5.41) is 5.48. The van der Waals surface area contributed by atoms with Gasteiger partial charge in [0.25, 0.3) is 0 Å². The highest BCUT2D eigenvalue weighted by Gasteiger charge is 2.36. The summed E-state index contributed by atoms with van der Waals surface area (Å²) in [6.07, 6.45) is 4.07. The van der Waals surface area contributed by atoms with Crippen LogP contribution in [0.4, 0.5) is 0 Å². The molecule has 26 heavy (non-hydrogen) atoms. The topological polar surface area (TPSA) is 84.5 Å². The van der Waals surface area contributed by atoms with Gasteiger partial charge in [0.05, 0.1) is 6.42 Å². The largest absolute Gasteiger partial charge is 0.460 e. The Hall–Kier alpha value is -1.59. The monoisotopic (exact) mass is 368 g/mol. The van der Waals surface area contributed by atoms with Gasteiger partial charge in [-0.1, -0.05) is 40.0 Å². The van der Waals surface area contributed by atoms with Crippen LogP contribution in [-0.2, 0) is 19.1 Å². The Bertz CT molecular complexity index is 513. The number of nitrogens with one attached hydrogen (secondary N) is 2. The van der Waals surface area contributed by atoms with E-state index in [9.17, 15) is 14.4 Å². The zero-order valence-corrected chi connectivity index (χ0v) is 17.4. The van der Waals surface area contributed by atoms with Crippen molar-refractivity contribution in [3.05, 3.63) is 0 Å². The number of amides is 2. The summed E-state index contributed by atoms with van der Waals surface area (Å²) in [6.45, 7) is 11.2. The molecule has 0 saturated heterocycles. The maximum atomic E-state index is 12.9. The Morgan fingerprint density at radius 2 is 1.62 bits per heavy atom. The fourth-order valence-electron chi connectivity index (χ4n) is 3.08. The minimum atomic E-state index is -0.650. The Morgan fingerprint density at radius 1 is 1.04 bits per heavy atom. The van der Waals surface area contributed by atoms with Crippen LogP contribution in [0.15, 0.2) is 0 Å². The van der Waals surface area contributed by atoms with Crippen LogP contribution in [0, 0.1) is 17.3 Å². The molecular formula is C20H36N2O4. The van der Waals surface area contributed by atoms with Gasteiger partial charge in [-0.3, -0.25) is 14.4 Å². The minimum Gasteiger partial charge on any atom is -0.460 e. The van der Waals surface area contributed by atoms with Gasteiger partial charge in [-0.2, -0.15) is 0 Å². The van der Waals surface area contributed by atoms with E-state index in [0.29, 0.717) is 12.3 Å². The smallest absolute Gasteiger partial charge is 0.307 e. The van der Waals surface area contributed by atoms with E-state index in [1.807, 2.05) is 41.5 Å². The van der Waals surface area contributed by atoms with Crippen LogP contribution >= 0.6 is 0 Å². The number of esters is 1. The standard InChI is InChI=1S/C20H36N2O4/c1-19(2,3)16(18(25)21-7)22-17(24)14(11-13-9-8-10-13)12-15(23)26-20(4,5)6/h13-14,16H,8-12H2,1-7H3,(H,21,25)(H,22,24)/t14?,16-/m1/s1. The third-order valence-corrected chi connectivity index (χ3v) is 4.71. The van der Waals surface area contributed by atoms with Crippen LogP contribution < -0.4 is 10.6 Å². The van der Waals surface area contributed by atoms with Gasteiger partial charge in [-0.15, -0.1) is 0 Å². The second kappa shape index (κ2) is 8.87. The molecule has 0 aromatic carbocycles. The van der Waals surface area contributed by atoms with E-state index in [4.69, 9.17) is 4.74 Å². The predicted octanol–water partition coefficient (Wildman–Crippen LogP) is 2.80. The molecule has 1 unspecified atom stereocenters. The van der Waals surface area contributed by atoms with Crippen molar-refractivity contribution in [3.8, 4) is 0 Å². The van der Waals surface area contributed by atoms with Crippen LogP contribution in [0.3, 0.4) is 0 Å². The highest BCUT2D eigenvalue weighted by molar-refractivity contribution is 5.90. The average molecular weight is 369 g/mol. The van der Waals surface area contributed by atoms with Crippen molar-refractivity contribution < 1.29 is 19.1 Å². The summed E-state index contributed by atoms with van der Waals surface area (Å²) < 4.78 is 5.39. The average Bonchev–Trinajstić information content (AvgIpc) is 2.42. The first kappa shape index (κ1) is 22.5. The molecule has 1 rings (SSSR count). The SMILES string of the molecule is CNC(=O)[C@@H](NC(=O)C(CC(=O)OC(C)(C)C)CC1CCC1)C(C)(C)C. The van der Waals surface area contributed by atoms with Crippen molar-refractivity contribution in [2.24, 2.45) is 17.3 Å². The third kappa shape index (κ3) is 7.34. The van der Waals surface area contributed by atoms with Gasteiger partial charge in [0.15, 0.2) is 0 Å². The van der Waals surface area contributed by atoms with Gasteiger partial charge < -0.3 is 15.4 Å². The van der Waals surface area contributed by atoms with Gasteiger partial charge in [-0.25, -0.2) is 0 Å². The molecule has 0 aromatic rings. The Morgan fingerprint density at radius 3 is 2.00 bits per heavy atom. The summed E-state index contributed by atoms with van der Waals surface area (Å²) in [5.41, 5.74) is -1.01. The lowest BCUT2D eigenvalue weighted by molar-refractivity contribution is -0.157. The van der Waals surface area contributed by atoms with E-state index >= 15 is 0 Å². The van der Waals surface area contributed by atoms with Gasteiger partial charge in [-0.05, 0) is 38.5 Å². The summed E-state index contributed by atoms with van der Waals surface area (Å²) >= 11 is 0. The maximum absolute atomic E-state index is 12.9. The van der Waals surface area contributed by atoms with Crippen molar-refractivity contribution >= 4 is 17.8 Å². The van der Waals surface area contributed by atoms with Crippen LogP contribution in [0.25, 0.3) is 0 Å². The van der Waals surface area contributed by atoms with E-state index in [0.717, 1.165) is 12.8 Å². The maximum Gasteiger partial charge on any atom is 0.307 e. The van der Waals surface area contributed by atoms with Crippen molar-refractivity contribution in [2.45, 2.75) is 85.3 Å². The molecule has 0 spiro atoms. The van der Waals surface area contributed by atoms with Gasteiger partial charge >= 0.3 is 5.97 Å². The minimum absolute atomic E-state index is 0.0458.